The Balaban J connectivity index is 2.92. The van der Waals surface area contributed by atoms with Gasteiger partial charge in [0, 0.05) is 31.4 Å². The molecule has 0 aromatic heterocycles. The number of hydrogen-bond donors (Lipinski definition) is 2. The molecule has 0 spiro atoms. The molecule has 0 aliphatic rings. The zero-order chi connectivity index (χ0) is 12.0. The lowest BCUT2D eigenvalue weighted by Crippen LogP contribution is -2.24. The van der Waals surface area contributed by atoms with Gasteiger partial charge < -0.3 is 15.3 Å². The van der Waals surface area contributed by atoms with Gasteiger partial charge in [0.25, 0.3) is 0 Å². The van der Waals surface area contributed by atoms with Crippen molar-refractivity contribution in [2.45, 2.75) is 13.5 Å². The molecule has 0 fully saturated rings. The molecule has 0 amide bonds. The molecular weight excluding hydrogens is 207 g/mol. The summed E-state index contributed by atoms with van der Waals surface area (Å²) in [5.41, 5.74) is 1.48. The third-order valence-corrected chi connectivity index (χ3v) is 2.49. The number of aliphatic hydroxyl groups excluding tert-OH is 1. The van der Waals surface area contributed by atoms with Gasteiger partial charge in [0.05, 0.1) is 6.61 Å². The summed E-state index contributed by atoms with van der Waals surface area (Å²) in [5.74, 6) is -0.205. The number of anilines is 1. The van der Waals surface area contributed by atoms with Crippen LogP contribution in [0.15, 0.2) is 18.2 Å². The Labute approximate surface area is 95.9 Å². The highest BCUT2D eigenvalue weighted by atomic mass is 19.1. The average Bonchev–Trinajstić information content (AvgIpc) is 2.27. The first-order valence-corrected chi connectivity index (χ1v) is 5.50. The lowest BCUT2D eigenvalue weighted by Gasteiger charge is -2.22. The van der Waals surface area contributed by atoms with Crippen molar-refractivity contribution in [3.63, 3.8) is 0 Å². The van der Waals surface area contributed by atoms with Crippen molar-refractivity contribution in [2.24, 2.45) is 0 Å². The topological polar surface area (TPSA) is 35.5 Å². The number of halogens is 1. The van der Waals surface area contributed by atoms with E-state index in [4.69, 9.17) is 5.11 Å². The van der Waals surface area contributed by atoms with E-state index in [1.807, 2.05) is 24.9 Å². The van der Waals surface area contributed by atoms with Gasteiger partial charge in [0.2, 0.25) is 0 Å². The summed E-state index contributed by atoms with van der Waals surface area (Å²) in [4.78, 5) is 1.86. The molecule has 0 aliphatic heterocycles. The van der Waals surface area contributed by atoms with Crippen molar-refractivity contribution in [1.29, 1.82) is 0 Å². The molecule has 0 saturated carbocycles. The molecule has 1 aromatic carbocycles. The summed E-state index contributed by atoms with van der Waals surface area (Å²) in [6, 6.07) is 5.02. The van der Waals surface area contributed by atoms with Gasteiger partial charge in [-0.3, -0.25) is 0 Å². The molecule has 2 N–H and O–H groups in total. The zero-order valence-corrected chi connectivity index (χ0v) is 9.83. The highest BCUT2D eigenvalue weighted by Gasteiger charge is 2.10. The predicted octanol–water partition coefficient (Wildman–Crippen LogP) is 1.36. The fraction of sp³-hybridized carbons (Fsp3) is 0.500. The molecule has 0 bridgehead atoms. The highest BCUT2D eigenvalue weighted by molar-refractivity contribution is 5.53. The van der Waals surface area contributed by atoms with Gasteiger partial charge in [-0.05, 0) is 18.7 Å². The number of rotatable bonds is 6. The lowest BCUT2D eigenvalue weighted by atomic mass is 10.1. The summed E-state index contributed by atoms with van der Waals surface area (Å²) in [7, 11) is 1.85. The summed E-state index contributed by atoms with van der Waals surface area (Å²) in [5, 5.41) is 12.0. The maximum absolute atomic E-state index is 13.6. The fourth-order valence-corrected chi connectivity index (χ4v) is 1.60. The van der Waals surface area contributed by atoms with Gasteiger partial charge >= 0.3 is 0 Å². The minimum atomic E-state index is -0.205. The molecule has 4 heteroatoms. The molecule has 0 aliphatic carbocycles. The van der Waals surface area contributed by atoms with E-state index in [9.17, 15) is 4.39 Å². The zero-order valence-electron chi connectivity index (χ0n) is 9.83. The molecule has 1 rings (SSSR count). The maximum Gasteiger partial charge on any atom is 0.129 e. The second-order valence-corrected chi connectivity index (χ2v) is 3.66. The van der Waals surface area contributed by atoms with E-state index in [1.165, 1.54) is 6.07 Å². The van der Waals surface area contributed by atoms with Gasteiger partial charge in [-0.2, -0.15) is 0 Å². The Morgan fingerprint density at radius 2 is 2.19 bits per heavy atom. The Morgan fingerprint density at radius 3 is 2.81 bits per heavy atom. The number of nitrogens with zero attached hydrogens (tertiary/aromatic N) is 1. The third kappa shape index (κ3) is 3.18. The summed E-state index contributed by atoms with van der Waals surface area (Å²) in [6.07, 6.45) is 0. The Kier molecular flexibility index (Phi) is 5.22. The Morgan fingerprint density at radius 1 is 1.44 bits per heavy atom. The highest BCUT2D eigenvalue weighted by Crippen LogP contribution is 2.21. The van der Waals surface area contributed by atoms with E-state index in [-0.39, 0.29) is 12.4 Å². The molecule has 0 unspecified atom stereocenters. The Bertz CT molecular complexity index is 331. The maximum atomic E-state index is 13.6. The van der Waals surface area contributed by atoms with E-state index in [0.717, 1.165) is 12.2 Å². The van der Waals surface area contributed by atoms with Crippen molar-refractivity contribution in [3.8, 4) is 0 Å². The molecule has 0 radical (unpaired) electrons. The number of benzene rings is 1. The van der Waals surface area contributed by atoms with Gasteiger partial charge in [-0.25, -0.2) is 4.39 Å². The van der Waals surface area contributed by atoms with Crippen LogP contribution < -0.4 is 10.2 Å². The van der Waals surface area contributed by atoms with Crippen LogP contribution in [0.2, 0.25) is 0 Å². The van der Waals surface area contributed by atoms with E-state index >= 15 is 0 Å². The second-order valence-electron chi connectivity index (χ2n) is 3.66. The van der Waals surface area contributed by atoms with E-state index in [1.54, 1.807) is 6.07 Å². The van der Waals surface area contributed by atoms with Gasteiger partial charge in [-0.15, -0.1) is 0 Å². The van der Waals surface area contributed by atoms with Gasteiger partial charge in [-0.1, -0.05) is 13.0 Å². The third-order valence-electron chi connectivity index (χ3n) is 2.49. The molecule has 1 aromatic rings. The quantitative estimate of drug-likeness (QED) is 0.769. The number of aliphatic hydroxyl groups is 1. The van der Waals surface area contributed by atoms with Crippen LogP contribution in [-0.2, 0) is 6.54 Å². The summed E-state index contributed by atoms with van der Waals surface area (Å²) >= 11 is 0. The first-order valence-electron chi connectivity index (χ1n) is 5.50. The van der Waals surface area contributed by atoms with Gasteiger partial charge in [0.15, 0.2) is 0 Å². The molecule has 3 nitrogen and oxygen atoms in total. The molecule has 0 heterocycles. The number of hydrogen-bond acceptors (Lipinski definition) is 3. The normalized spacial score (nSPS) is 10.5. The van der Waals surface area contributed by atoms with Crippen molar-refractivity contribution in [3.05, 3.63) is 29.6 Å². The van der Waals surface area contributed by atoms with Crippen molar-refractivity contribution >= 4 is 5.69 Å². The van der Waals surface area contributed by atoms with Crippen LogP contribution in [0.4, 0.5) is 10.1 Å². The number of nitrogens with one attached hydrogen (secondary N) is 1. The van der Waals surface area contributed by atoms with Crippen LogP contribution >= 0.6 is 0 Å². The van der Waals surface area contributed by atoms with Crippen molar-refractivity contribution in [1.82, 2.24) is 5.32 Å². The minimum Gasteiger partial charge on any atom is -0.395 e. The summed E-state index contributed by atoms with van der Waals surface area (Å²) < 4.78 is 13.6. The second kappa shape index (κ2) is 6.45. The van der Waals surface area contributed by atoms with Crippen LogP contribution in [0.3, 0.4) is 0 Å². The van der Waals surface area contributed by atoms with Crippen molar-refractivity contribution in [2.75, 3.05) is 31.6 Å². The van der Waals surface area contributed by atoms with E-state index in [0.29, 0.717) is 18.7 Å². The molecular formula is C12H19FN2O. The summed E-state index contributed by atoms with van der Waals surface area (Å²) in [6.45, 7) is 3.86. The molecule has 90 valence electrons. The van der Waals surface area contributed by atoms with Gasteiger partial charge in [0.1, 0.15) is 5.82 Å². The average molecular weight is 226 g/mol. The first-order chi connectivity index (χ1) is 7.70. The fourth-order valence-electron chi connectivity index (χ4n) is 1.60. The van der Waals surface area contributed by atoms with Crippen LogP contribution in [-0.4, -0.2) is 31.9 Å². The predicted molar refractivity (Wildman–Crippen MR) is 64.1 cm³/mol. The van der Waals surface area contributed by atoms with Crippen LogP contribution in [0.5, 0.6) is 0 Å². The molecule has 0 atom stereocenters. The molecule has 16 heavy (non-hydrogen) atoms. The Hall–Kier alpha value is -1.13. The van der Waals surface area contributed by atoms with Crippen LogP contribution in [0.1, 0.15) is 12.5 Å². The van der Waals surface area contributed by atoms with Crippen LogP contribution in [0.25, 0.3) is 0 Å². The monoisotopic (exact) mass is 226 g/mol. The smallest absolute Gasteiger partial charge is 0.129 e. The largest absolute Gasteiger partial charge is 0.395 e. The SMILES string of the molecule is CCNCc1c(F)cccc1N(C)CCO. The standard InChI is InChI=1S/C12H19FN2O/c1-3-14-9-10-11(13)5-4-6-12(10)15(2)7-8-16/h4-6,14,16H,3,7-9H2,1-2H3. The molecule has 0 saturated heterocycles. The van der Waals surface area contributed by atoms with E-state index < -0.39 is 0 Å². The van der Waals surface area contributed by atoms with E-state index in [2.05, 4.69) is 5.32 Å². The minimum absolute atomic E-state index is 0.0632. The van der Waals surface area contributed by atoms with Crippen LogP contribution in [0, 0.1) is 5.82 Å². The van der Waals surface area contributed by atoms with Crippen molar-refractivity contribution < 1.29 is 9.50 Å². The number of likely N-dealkylation sites (N-methyl/N-ethyl adjacent to an activating group) is 1. The first kappa shape index (κ1) is 12.9. The lowest BCUT2D eigenvalue weighted by molar-refractivity contribution is 0.304.